The Kier molecular flexibility index (Phi) is 3.80. The molecule has 1 fully saturated rings. The second-order valence-electron chi connectivity index (χ2n) is 4.19. The Morgan fingerprint density at radius 1 is 1.71 bits per heavy atom. The van der Waals surface area contributed by atoms with Crippen LogP contribution in [-0.4, -0.2) is 23.7 Å². The topological polar surface area (TPSA) is 62.5 Å². The number of aromatic nitrogens is 1. The van der Waals surface area contributed by atoms with Crippen LogP contribution >= 0.6 is 0 Å². The Bertz CT molecular complexity index is 406. The molecule has 0 unspecified atom stereocenters. The van der Waals surface area contributed by atoms with Gasteiger partial charge in [-0.2, -0.15) is 0 Å². The first-order valence-electron chi connectivity index (χ1n) is 5.86. The monoisotopic (exact) mass is 234 g/mol. The van der Waals surface area contributed by atoms with Crippen LogP contribution in [0.5, 0.6) is 0 Å². The Labute approximate surface area is 101 Å². The van der Waals surface area contributed by atoms with Crippen LogP contribution in [0, 0.1) is 6.92 Å². The molecule has 0 spiro atoms. The number of nitrogens with zero attached hydrogens (tertiary/aromatic N) is 2. The fraction of sp³-hybridized carbons (Fsp3) is 0.500. The minimum absolute atomic E-state index is 0.500. The van der Waals surface area contributed by atoms with E-state index in [1.165, 1.54) is 12.8 Å². The van der Waals surface area contributed by atoms with Crippen molar-refractivity contribution < 1.29 is 4.52 Å². The summed E-state index contributed by atoms with van der Waals surface area (Å²) in [5.41, 5.74) is 0.881. The van der Waals surface area contributed by atoms with Gasteiger partial charge in [-0.05, 0) is 19.8 Å². The second-order valence-corrected chi connectivity index (χ2v) is 4.19. The summed E-state index contributed by atoms with van der Waals surface area (Å²) in [7, 11) is 0. The van der Waals surface area contributed by atoms with Gasteiger partial charge in [0.05, 0.1) is 5.69 Å². The predicted octanol–water partition coefficient (Wildman–Crippen LogP) is 1.37. The van der Waals surface area contributed by atoms with Gasteiger partial charge in [0.1, 0.15) is 6.54 Å². The number of aryl methyl sites for hydroxylation is 1. The number of rotatable bonds is 5. The van der Waals surface area contributed by atoms with Crippen molar-refractivity contribution in [1.82, 2.24) is 15.8 Å². The molecule has 1 aromatic rings. The van der Waals surface area contributed by atoms with E-state index in [0.717, 1.165) is 17.4 Å². The van der Waals surface area contributed by atoms with Gasteiger partial charge in [0, 0.05) is 18.7 Å². The van der Waals surface area contributed by atoms with Crippen molar-refractivity contribution in [2.45, 2.75) is 32.4 Å². The maximum Gasteiger partial charge on any atom is 0.192 e. The van der Waals surface area contributed by atoms with Crippen molar-refractivity contribution in [2.24, 2.45) is 4.99 Å². The standard InChI is InChI=1S/C12H18N4O/c1-3-6-13-12(15-10-4-5-10)14-8-11-7-9(2)16-17-11/h3,7,10H,1,4-6,8H2,2H3,(H2,13,14,15). The van der Waals surface area contributed by atoms with E-state index in [1.807, 2.05) is 19.1 Å². The normalized spacial score (nSPS) is 15.7. The summed E-state index contributed by atoms with van der Waals surface area (Å²) in [6.07, 6.45) is 4.25. The third-order valence-corrected chi connectivity index (χ3v) is 2.40. The zero-order chi connectivity index (χ0) is 12.1. The smallest absolute Gasteiger partial charge is 0.192 e. The van der Waals surface area contributed by atoms with E-state index in [0.29, 0.717) is 19.1 Å². The third kappa shape index (κ3) is 3.94. The molecule has 5 heteroatoms. The van der Waals surface area contributed by atoms with Crippen LogP contribution < -0.4 is 10.6 Å². The largest absolute Gasteiger partial charge is 0.359 e. The van der Waals surface area contributed by atoms with Gasteiger partial charge in [-0.25, -0.2) is 4.99 Å². The van der Waals surface area contributed by atoms with Gasteiger partial charge in [0.25, 0.3) is 0 Å². The molecule has 5 nitrogen and oxygen atoms in total. The van der Waals surface area contributed by atoms with Gasteiger partial charge < -0.3 is 15.2 Å². The molecular formula is C12H18N4O. The van der Waals surface area contributed by atoms with Crippen molar-refractivity contribution >= 4 is 5.96 Å². The van der Waals surface area contributed by atoms with Crippen LogP contribution in [0.1, 0.15) is 24.3 Å². The van der Waals surface area contributed by atoms with Crippen LogP contribution in [0.2, 0.25) is 0 Å². The maximum absolute atomic E-state index is 5.11. The minimum Gasteiger partial charge on any atom is -0.359 e. The van der Waals surface area contributed by atoms with Crippen LogP contribution in [0.4, 0.5) is 0 Å². The average Bonchev–Trinajstić information content (AvgIpc) is 3.04. The van der Waals surface area contributed by atoms with E-state index in [9.17, 15) is 0 Å². The fourth-order valence-electron chi connectivity index (χ4n) is 1.39. The van der Waals surface area contributed by atoms with Gasteiger partial charge in [-0.3, -0.25) is 0 Å². The van der Waals surface area contributed by atoms with E-state index in [2.05, 4.69) is 27.4 Å². The molecule has 2 rings (SSSR count). The highest BCUT2D eigenvalue weighted by molar-refractivity contribution is 5.80. The van der Waals surface area contributed by atoms with Crippen LogP contribution in [0.25, 0.3) is 0 Å². The van der Waals surface area contributed by atoms with Gasteiger partial charge in [-0.1, -0.05) is 11.2 Å². The molecule has 2 N–H and O–H groups in total. The fourth-order valence-corrected chi connectivity index (χ4v) is 1.39. The minimum atomic E-state index is 0.500. The SMILES string of the molecule is C=CCNC(=NCc1cc(C)no1)NC1CC1. The lowest BCUT2D eigenvalue weighted by atomic mass is 10.4. The molecule has 0 amide bonds. The molecule has 92 valence electrons. The van der Waals surface area contributed by atoms with E-state index in [4.69, 9.17) is 4.52 Å². The van der Waals surface area contributed by atoms with E-state index >= 15 is 0 Å². The van der Waals surface area contributed by atoms with Crippen LogP contribution in [-0.2, 0) is 6.54 Å². The van der Waals surface area contributed by atoms with E-state index in [1.54, 1.807) is 0 Å². The van der Waals surface area contributed by atoms with Gasteiger partial charge in [-0.15, -0.1) is 6.58 Å². The first-order valence-corrected chi connectivity index (χ1v) is 5.86. The van der Waals surface area contributed by atoms with Crippen molar-refractivity contribution in [3.05, 3.63) is 30.2 Å². The Hall–Kier alpha value is -1.78. The summed E-state index contributed by atoms with van der Waals surface area (Å²) in [4.78, 5) is 4.44. The quantitative estimate of drug-likeness (QED) is 0.459. The first kappa shape index (κ1) is 11.7. The molecule has 0 aromatic carbocycles. The molecule has 0 bridgehead atoms. The molecule has 1 aliphatic rings. The van der Waals surface area contributed by atoms with Crippen LogP contribution in [0.15, 0.2) is 28.2 Å². The summed E-state index contributed by atoms with van der Waals surface area (Å²) in [5, 5.41) is 10.3. The molecule has 1 aliphatic carbocycles. The molecule has 1 heterocycles. The van der Waals surface area contributed by atoms with Crippen molar-refractivity contribution in [3.63, 3.8) is 0 Å². The zero-order valence-corrected chi connectivity index (χ0v) is 10.1. The van der Waals surface area contributed by atoms with Crippen molar-refractivity contribution in [3.8, 4) is 0 Å². The summed E-state index contributed by atoms with van der Waals surface area (Å²) in [5.74, 6) is 1.58. The van der Waals surface area contributed by atoms with Gasteiger partial charge in [0.2, 0.25) is 0 Å². The number of aliphatic imine (C=N–C) groups is 1. The zero-order valence-electron chi connectivity index (χ0n) is 10.1. The first-order chi connectivity index (χ1) is 8.28. The lowest BCUT2D eigenvalue weighted by Crippen LogP contribution is -2.38. The highest BCUT2D eigenvalue weighted by Crippen LogP contribution is 2.18. The Balaban J connectivity index is 1.90. The molecule has 17 heavy (non-hydrogen) atoms. The number of hydrogen-bond acceptors (Lipinski definition) is 3. The summed E-state index contributed by atoms with van der Waals surface area (Å²) in [6, 6.07) is 2.47. The molecule has 0 radical (unpaired) electrons. The van der Waals surface area contributed by atoms with Gasteiger partial charge >= 0.3 is 0 Å². The Morgan fingerprint density at radius 2 is 2.53 bits per heavy atom. The summed E-state index contributed by atoms with van der Waals surface area (Å²) in [6.45, 7) is 6.78. The molecule has 1 saturated carbocycles. The third-order valence-electron chi connectivity index (χ3n) is 2.40. The highest BCUT2D eigenvalue weighted by Gasteiger charge is 2.22. The maximum atomic E-state index is 5.11. The average molecular weight is 234 g/mol. The number of hydrogen-bond donors (Lipinski definition) is 2. The lowest BCUT2D eigenvalue weighted by Gasteiger charge is -2.09. The van der Waals surface area contributed by atoms with Crippen molar-refractivity contribution in [1.29, 1.82) is 0 Å². The van der Waals surface area contributed by atoms with Crippen molar-refractivity contribution in [2.75, 3.05) is 6.54 Å². The van der Waals surface area contributed by atoms with Gasteiger partial charge in [0.15, 0.2) is 11.7 Å². The predicted molar refractivity (Wildman–Crippen MR) is 66.7 cm³/mol. The van der Waals surface area contributed by atoms with E-state index in [-0.39, 0.29) is 0 Å². The molecule has 0 aliphatic heterocycles. The molecule has 1 aromatic heterocycles. The molecule has 0 atom stereocenters. The Morgan fingerprint density at radius 3 is 3.12 bits per heavy atom. The molecule has 0 saturated heterocycles. The summed E-state index contributed by atoms with van der Waals surface area (Å²) < 4.78 is 5.11. The summed E-state index contributed by atoms with van der Waals surface area (Å²) >= 11 is 0. The lowest BCUT2D eigenvalue weighted by molar-refractivity contribution is 0.381. The highest BCUT2D eigenvalue weighted by atomic mass is 16.5. The second kappa shape index (κ2) is 5.52. The number of nitrogens with one attached hydrogen (secondary N) is 2. The number of guanidine groups is 1. The molecular weight excluding hydrogens is 216 g/mol. The van der Waals surface area contributed by atoms with Crippen LogP contribution in [0.3, 0.4) is 0 Å². The van der Waals surface area contributed by atoms with E-state index < -0.39 is 0 Å².